The number of pyridine rings is 1. The highest BCUT2D eigenvalue weighted by molar-refractivity contribution is 7.89. The normalized spacial score (nSPS) is 19.4. The molecule has 1 aliphatic rings. The lowest BCUT2D eigenvalue weighted by molar-refractivity contribution is 0.0200. The van der Waals surface area contributed by atoms with Crippen molar-refractivity contribution in [2.24, 2.45) is 0 Å². The maximum atomic E-state index is 12.3. The predicted octanol–water partition coefficient (Wildman–Crippen LogP) is 1.75. The molecule has 1 fully saturated rings. The summed E-state index contributed by atoms with van der Waals surface area (Å²) >= 11 is 0. The van der Waals surface area contributed by atoms with Crippen LogP contribution in [0.1, 0.15) is 32.6 Å². The lowest BCUT2D eigenvalue weighted by Crippen LogP contribution is -2.35. The molecular weight excluding hydrogens is 290 g/mol. The number of hydrogen-bond acceptors (Lipinski definition) is 5. The first-order chi connectivity index (χ1) is 10.1. The van der Waals surface area contributed by atoms with Crippen LogP contribution in [0.4, 0.5) is 5.82 Å². The second-order valence-corrected chi connectivity index (χ2v) is 6.91. The van der Waals surface area contributed by atoms with Crippen molar-refractivity contribution in [1.82, 2.24) is 9.71 Å². The highest BCUT2D eigenvalue weighted by Gasteiger charge is 2.19. The van der Waals surface area contributed by atoms with Crippen molar-refractivity contribution in [1.29, 1.82) is 0 Å². The van der Waals surface area contributed by atoms with Gasteiger partial charge in [0.2, 0.25) is 10.0 Å². The largest absolute Gasteiger partial charge is 0.377 e. The van der Waals surface area contributed by atoms with Gasteiger partial charge in [0, 0.05) is 32.0 Å². The summed E-state index contributed by atoms with van der Waals surface area (Å²) in [4.78, 5) is 4.34. The average Bonchev–Trinajstić information content (AvgIpc) is 2.52. The summed E-state index contributed by atoms with van der Waals surface area (Å²) in [5.41, 5.74) is 0. The van der Waals surface area contributed by atoms with Gasteiger partial charge in [-0.3, -0.25) is 0 Å². The van der Waals surface area contributed by atoms with Gasteiger partial charge in [0.05, 0.1) is 11.0 Å². The molecule has 1 aromatic rings. The molecule has 0 amide bonds. The van der Waals surface area contributed by atoms with Gasteiger partial charge in [0.1, 0.15) is 5.82 Å². The van der Waals surface area contributed by atoms with Gasteiger partial charge in [-0.25, -0.2) is 18.1 Å². The maximum Gasteiger partial charge on any atom is 0.240 e. The summed E-state index contributed by atoms with van der Waals surface area (Å²) in [6, 6.07) is 3.06. The Morgan fingerprint density at radius 2 is 2.29 bits per heavy atom. The summed E-state index contributed by atoms with van der Waals surface area (Å²) in [5.74, 6) is 0.577. The van der Waals surface area contributed by atoms with Crippen LogP contribution in [-0.4, -0.2) is 39.2 Å². The molecule has 0 saturated carbocycles. The van der Waals surface area contributed by atoms with E-state index in [1.54, 1.807) is 6.07 Å². The molecule has 0 radical (unpaired) electrons. The molecule has 118 valence electrons. The molecule has 0 aliphatic carbocycles. The van der Waals surface area contributed by atoms with E-state index in [1.807, 2.05) is 6.92 Å². The molecule has 2 heterocycles. The lowest BCUT2D eigenvalue weighted by Gasteiger charge is -2.22. The SMILES string of the molecule is CCCNc1cc(S(=O)(=O)NCC2CCCCO2)ccn1. The summed E-state index contributed by atoms with van der Waals surface area (Å²) < 4.78 is 32.7. The molecule has 1 aliphatic heterocycles. The van der Waals surface area contributed by atoms with E-state index in [9.17, 15) is 8.42 Å². The zero-order valence-electron chi connectivity index (χ0n) is 12.3. The summed E-state index contributed by atoms with van der Waals surface area (Å²) in [6.07, 6.45) is 5.49. The van der Waals surface area contributed by atoms with Gasteiger partial charge in [0.15, 0.2) is 0 Å². The highest BCUT2D eigenvalue weighted by Crippen LogP contribution is 2.15. The van der Waals surface area contributed by atoms with E-state index >= 15 is 0 Å². The van der Waals surface area contributed by atoms with Crippen molar-refractivity contribution in [3.05, 3.63) is 18.3 Å². The first-order valence-electron chi connectivity index (χ1n) is 7.43. The van der Waals surface area contributed by atoms with Crippen LogP contribution < -0.4 is 10.0 Å². The number of sulfonamides is 1. The first kappa shape index (κ1) is 16.2. The van der Waals surface area contributed by atoms with Gasteiger partial charge in [-0.1, -0.05) is 6.92 Å². The van der Waals surface area contributed by atoms with Crippen LogP contribution in [0.25, 0.3) is 0 Å². The van der Waals surface area contributed by atoms with Gasteiger partial charge in [0.25, 0.3) is 0 Å². The van der Waals surface area contributed by atoms with E-state index < -0.39 is 10.0 Å². The molecule has 0 bridgehead atoms. The Morgan fingerprint density at radius 1 is 1.43 bits per heavy atom. The van der Waals surface area contributed by atoms with Crippen LogP contribution in [0, 0.1) is 0 Å². The Kier molecular flexibility index (Phi) is 5.96. The zero-order valence-corrected chi connectivity index (χ0v) is 13.2. The molecule has 1 saturated heterocycles. The van der Waals surface area contributed by atoms with Crippen molar-refractivity contribution < 1.29 is 13.2 Å². The smallest absolute Gasteiger partial charge is 0.240 e. The topological polar surface area (TPSA) is 80.3 Å². The Bertz CT molecular complexity index is 542. The Labute approximate surface area is 126 Å². The third-order valence-electron chi connectivity index (χ3n) is 3.37. The van der Waals surface area contributed by atoms with Crippen molar-refractivity contribution in [3.8, 4) is 0 Å². The van der Waals surface area contributed by atoms with Gasteiger partial charge in [-0.2, -0.15) is 0 Å². The fraction of sp³-hybridized carbons (Fsp3) is 0.643. The third kappa shape index (κ3) is 4.94. The minimum atomic E-state index is -3.52. The summed E-state index contributed by atoms with van der Waals surface area (Å²) in [7, 11) is -3.52. The Hall–Kier alpha value is -1.18. The third-order valence-corrected chi connectivity index (χ3v) is 4.79. The van der Waals surface area contributed by atoms with Gasteiger partial charge in [-0.05, 0) is 31.7 Å². The van der Waals surface area contributed by atoms with Gasteiger partial charge in [-0.15, -0.1) is 0 Å². The number of nitrogens with zero attached hydrogens (tertiary/aromatic N) is 1. The van der Waals surface area contributed by atoms with E-state index in [0.717, 1.165) is 32.2 Å². The van der Waals surface area contributed by atoms with E-state index in [4.69, 9.17) is 4.74 Å². The second-order valence-electron chi connectivity index (χ2n) is 5.14. The van der Waals surface area contributed by atoms with Crippen LogP contribution in [0.2, 0.25) is 0 Å². The maximum absolute atomic E-state index is 12.3. The molecule has 21 heavy (non-hydrogen) atoms. The van der Waals surface area contributed by atoms with Crippen LogP contribution in [0.5, 0.6) is 0 Å². The van der Waals surface area contributed by atoms with Crippen molar-refractivity contribution in [3.63, 3.8) is 0 Å². The number of anilines is 1. The molecule has 0 aromatic carbocycles. The number of hydrogen-bond donors (Lipinski definition) is 2. The molecular formula is C14H23N3O3S. The minimum absolute atomic E-state index is 0.0203. The number of rotatable bonds is 7. The Morgan fingerprint density at radius 3 is 3.00 bits per heavy atom. The molecule has 1 unspecified atom stereocenters. The molecule has 0 spiro atoms. The van der Waals surface area contributed by atoms with Crippen molar-refractivity contribution in [2.75, 3.05) is 25.0 Å². The molecule has 1 atom stereocenters. The fourth-order valence-corrected chi connectivity index (χ4v) is 3.26. The van der Waals surface area contributed by atoms with Crippen molar-refractivity contribution >= 4 is 15.8 Å². The number of nitrogens with one attached hydrogen (secondary N) is 2. The van der Waals surface area contributed by atoms with Gasteiger partial charge >= 0.3 is 0 Å². The quantitative estimate of drug-likeness (QED) is 0.801. The van der Waals surface area contributed by atoms with E-state index in [-0.39, 0.29) is 11.0 Å². The molecule has 2 N–H and O–H groups in total. The first-order valence-corrected chi connectivity index (χ1v) is 8.91. The molecule has 6 nitrogen and oxygen atoms in total. The highest BCUT2D eigenvalue weighted by atomic mass is 32.2. The molecule has 1 aromatic heterocycles. The standard InChI is InChI=1S/C14H23N3O3S/c1-2-7-15-14-10-13(6-8-16-14)21(18,19)17-11-12-5-3-4-9-20-12/h6,8,10,12,17H,2-5,7,9,11H2,1H3,(H,15,16). The zero-order chi connectivity index (χ0) is 15.1. The van der Waals surface area contributed by atoms with Crippen LogP contribution in [-0.2, 0) is 14.8 Å². The number of ether oxygens (including phenoxy) is 1. The summed E-state index contributed by atoms with van der Waals surface area (Å²) in [6.45, 7) is 3.84. The Balaban J connectivity index is 1.97. The van der Waals surface area contributed by atoms with E-state index in [1.165, 1.54) is 12.3 Å². The van der Waals surface area contributed by atoms with E-state index in [2.05, 4.69) is 15.0 Å². The molecule has 7 heteroatoms. The van der Waals surface area contributed by atoms with Crippen LogP contribution in [0.15, 0.2) is 23.2 Å². The number of aromatic nitrogens is 1. The monoisotopic (exact) mass is 313 g/mol. The second kappa shape index (κ2) is 7.72. The van der Waals surface area contributed by atoms with Crippen LogP contribution >= 0.6 is 0 Å². The minimum Gasteiger partial charge on any atom is -0.377 e. The van der Waals surface area contributed by atoms with Crippen LogP contribution in [0.3, 0.4) is 0 Å². The molecule has 2 rings (SSSR count). The predicted molar refractivity (Wildman–Crippen MR) is 81.8 cm³/mol. The van der Waals surface area contributed by atoms with Gasteiger partial charge < -0.3 is 10.1 Å². The lowest BCUT2D eigenvalue weighted by atomic mass is 10.1. The fourth-order valence-electron chi connectivity index (χ4n) is 2.18. The van der Waals surface area contributed by atoms with Crippen molar-refractivity contribution in [2.45, 2.75) is 43.6 Å². The average molecular weight is 313 g/mol. The summed E-state index contributed by atoms with van der Waals surface area (Å²) in [5, 5.41) is 3.08. The van der Waals surface area contributed by atoms with E-state index in [0.29, 0.717) is 19.0 Å².